The third-order valence-corrected chi connectivity index (χ3v) is 5.38. The molecule has 0 spiro atoms. The summed E-state index contributed by atoms with van der Waals surface area (Å²) in [4.78, 5) is 1.86. The van der Waals surface area contributed by atoms with Crippen LogP contribution >= 0.6 is 0 Å². The molecule has 0 bridgehead atoms. The Morgan fingerprint density at radius 1 is 1.10 bits per heavy atom. The minimum absolute atomic E-state index is 0.125. The van der Waals surface area contributed by atoms with Gasteiger partial charge < -0.3 is 20.4 Å². The fraction of sp³-hybridized carbons (Fsp3) is 0.333. The number of nitrogens with one attached hydrogen (secondary N) is 1. The summed E-state index contributed by atoms with van der Waals surface area (Å²) < 4.78 is 40.6. The van der Waals surface area contributed by atoms with E-state index in [1.54, 1.807) is 13.0 Å². The van der Waals surface area contributed by atoms with Crippen LogP contribution in [0, 0.1) is 5.82 Å². The topological polar surface area (TPSA) is 81.5 Å². The number of hydrogen-bond acceptors (Lipinski definition) is 6. The van der Waals surface area contributed by atoms with Crippen LogP contribution in [0.2, 0.25) is 0 Å². The second kappa shape index (κ2) is 8.08. The second-order valence-corrected chi connectivity index (χ2v) is 7.42. The first-order valence-corrected chi connectivity index (χ1v) is 9.54. The number of fused-ring (bicyclic) bond motifs is 1. The number of rotatable bonds is 5. The van der Waals surface area contributed by atoms with Crippen molar-refractivity contribution in [2.24, 2.45) is 0 Å². The van der Waals surface area contributed by atoms with Crippen molar-refractivity contribution < 1.29 is 23.4 Å². The molecule has 4 rings (SSSR count). The van der Waals surface area contributed by atoms with E-state index >= 15 is 0 Å². The van der Waals surface area contributed by atoms with Gasteiger partial charge in [0.05, 0.1) is 41.2 Å². The van der Waals surface area contributed by atoms with Gasteiger partial charge in [-0.25, -0.2) is 13.2 Å². The molecule has 0 radical (unpaired) electrons. The van der Waals surface area contributed by atoms with Gasteiger partial charge in [0.25, 0.3) is 6.43 Å². The SMILES string of the molecule is C[C@@H](Nc1cnnc2ccc(N3C[C@H](O)[C@@H](O)C3)cc12)c1cccc(C(F)F)c1F. The Morgan fingerprint density at radius 2 is 1.80 bits per heavy atom. The van der Waals surface area contributed by atoms with E-state index in [2.05, 4.69) is 15.5 Å². The fourth-order valence-corrected chi connectivity index (χ4v) is 3.72. The lowest BCUT2D eigenvalue weighted by Gasteiger charge is -2.21. The Bertz CT molecular complexity index is 1060. The van der Waals surface area contributed by atoms with Crippen LogP contribution in [0.15, 0.2) is 42.6 Å². The van der Waals surface area contributed by atoms with E-state index in [-0.39, 0.29) is 5.56 Å². The van der Waals surface area contributed by atoms with E-state index < -0.39 is 36.1 Å². The Hall–Kier alpha value is -2.91. The van der Waals surface area contributed by atoms with Crippen molar-refractivity contribution in [3.05, 3.63) is 59.5 Å². The molecule has 2 heterocycles. The number of aromatic nitrogens is 2. The summed E-state index contributed by atoms with van der Waals surface area (Å²) >= 11 is 0. The molecule has 1 saturated heterocycles. The van der Waals surface area contributed by atoms with Crippen LogP contribution in [0.1, 0.15) is 30.5 Å². The zero-order valence-corrected chi connectivity index (χ0v) is 16.1. The van der Waals surface area contributed by atoms with Gasteiger partial charge >= 0.3 is 0 Å². The minimum Gasteiger partial charge on any atom is -0.389 e. The molecule has 6 nitrogen and oxygen atoms in total. The maximum absolute atomic E-state index is 14.5. The lowest BCUT2D eigenvalue weighted by atomic mass is 10.0. The first kappa shape index (κ1) is 20.4. The molecule has 30 heavy (non-hydrogen) atoms. The molecule has 1 aliphatic rings. The van der Waals surface area contributed by atoms with Crippen molar-refractivity contribution in [1.29, 1.82) is 0 Å². The highest BCUT2D eigenvalue weighted by Gasteiger charge is 2.30. The van der Waals surface area contributed by atoms with Crippen molar-refractivity contribution in [2.75, 3.05) is 23.3 Å². The summed E-state index contributed by atoms with van der Waals surface area (Å²) in [5.74, 6) is -0.931. The number of nitrogens with zero attached hydrogens (tertiary/aromatic N) is 3. The first-order valence-electron chi connectivity index (χ1n) is 9.54. The van der Waals surface area contributed by atoms with Crippen LogP contribution in [-0.2, 0) is 0 Å². The third kappa shape index (κ3) is 3.78. The zero-order valence-electron chi connectivity index (χ0n) is 16.1. The molecule has 1 fully saturated rings. The predicted molar refractivity (Wildman–Crippen MR) is 107 cm³/mol. The number of aliphatic hydroxyl groups excluding tert-OH is 2. The normalized spacial score (nSPS) is 20.2. The van der Waals surface area contributed by atoms with Gasteiger partial charge in [-0.2, -0.15) is 10.2 Å². The molecule has 1 aliphatic heterocycles. The minimum atomic E-state index is -2.89. The third-order valence-electron chi connectivity index (χ3n) is 5.38. The van der Waals surface area contributed by atoms with E-state index in [0.29, 0.717) is 29.7 Å². The molecule has 2 aromatic carbocycles. The number of anilines is 2. The van der Waals surface area contributed by atoms with Crippen LogP contribution in [0.3, 0.4) is 0 Å². The number of alkyl halides is 2. The van der Waals surface area contributed by atoms with Crippen LogP contribution < -0.4 is 10.2 Å². The lowest BCUT2D eigenvalue weighted by molar-refractivity contribution is 0.0572. The fourth-order valence-electron chi connectivity index (χ4n) is 3.72. The number of aliphatic hydroxyl groups is 2. The highest BCUT2D eigenvalue weighted by Crippen LogP contribution is 2.32. The Morgan fingerprint density at radius 3 is 2.50 bits per heavy atom. The molecule has 3 N–H and O–H groups in total. The number of halogens is 3. The number of benzene rings is 2. The second-order valence-electron chi connectivity index (χ2n) is 7.42. The summed E-state index contributed by atoms with van der Waals surface area (Å²) in [6.07, 6.45) is -3.04. The zero-order chi connectivity index (χ0) is 21.4. The molecule has 9 heteroatoms. The average molecular weight is 418 g/mol. The van der Waals surface area contributed by atoms with Gasteiger partial charge in [0.1, 0.15) is 5.82 Å². The van der Waals surface area contributed by atoms with Gasteiger partial charge in [0.15, 0.2) is 0 Å². The van der Waals surface area contributed by atoms with Crippen LogP contribution in [0.25, 0.3) is 10.9 Å². The molecule has 1 aromatic heterocycles. The lowest BCUT2D eigenvalue weighted by Crippen LogP contribution is -2.22. The van der Waals surface area contributed by atoms with E-state index in [4.69, 9.17) is 0 Å². The van der Waals surface area contributed by atoms with Crippen molar-refractivity contribution in [3.63, 3.8) is 0 Å². The largest absolute Gasteiger partial charge is 0.389 e. The highest BCUT2D eigenvalue weighted by atomic mass is 19.3. The average Bonchev–Trinajstić information content (AvgIpc) is 3.06. The smallest absolute Gasteiger partial charge is 0.266 e. The Kier molecular flexibility index (Phi) is 5.48. The molecule has 0 amide bonds. The number of hydrogen-bond donors (Lipinski definition) is 3. The van der Waals surface area contributed by atoms with E-state index in [1.165, 1.54) is 18.3 Å². The maximum atomic E-state index is 14.5. The van der Waals surface area contributed by atoms with Crippen molar-refractivity contribution in [2.45, 2.75) is 31.6 Å². The van der Waals surface area contributed by atoms with Gasteiger partial charge in [-0.1, -0.05) is 18.2 Å². The quantitative estimate of drug-likeness (QED) is 0.589. The summed E-state index contributed by atoms with van der Waals surface area (Å²) in [6, 6.07) is 8.77. The van der Waals surface area contributed by atoms with Gasteiger partial charge in [-0.3, -0.25) is 0 Å². The molecule has 158 valence electrons. The molecule has 0 saturated carbocycles. The summed E-state index contributed by atoms with van der Waals surface area (Å²) in [7, 11) is 0. The van der Waals surface area contributed by atoms with Gasteiger partial charge in [-0.05, 0) is 25.1 Å². The van der Waals surface area contributed by atoms with E-state index in [0.717, 1.165) is 11.8 Å². The van der Waals surface area contributed by atoms with Crippen molar-refractivity contribution in [3.8, 4) is 0 Å². The van der Waals surface area contributed by atoms with Gasteiger partial charge in [0.2, 0.25) is 0 Å². The molecule has 3 aromatic rings. The summed E-state index contributed by atoms with van der Waals surface area (Å²) in [6.45, 7) is 2.28. The standard InChI is InChI=1S/C21H21F3N4O2/c1-11(13-3-2-4-14(20(13)22)21(23)24)26-17-8-25-27-16-6-5-12(7-15(16)17)28-9-18(29)19(30)10-28/h2-8,11,18-19,21,29-30H,9-10H2,1H3,(H,26,27)/t11-,18+,19+/m1/s1. The van der Waals surface area contributed by atoms with Gasteiger partial charge in [0, 0.05) is 29.7 Å². The van der Waals surface area contributed by atoms with E-state index in [9.17, 15) is 23.4 Å². The monoisotopic (exact) mass is 418 g/mol. The Balaban J connectivity index is 1.66. The van der Waals surface area contributed by atoms with Crippen LogP contribution in [-0.4, -0.2) is 45.7 Å². The highest BCUT2D eigenvalue weighted by molar-refractivity contribution is 5.93. The molecule has 3 atom stereocenters. The molecule has 0 aliphatic carbocycles. The van der Waals surface area contributed by atoms with Gasteiger partial charge in [-0.15, -0.1) is 0 Å². The first-order chi connectivity index (χ1) is 14.3. The van der Waals surface area contributed by atoms with Crippen LogP contribution in [0.4, 0.5) is 24.5 Å². The predicted octanol–water partition coefficient (Wildman–Crippen LogP) is 3.42. The molecular weight excluding hydrogens is 397 g/mol. The molecular formula is C21H21F3N4O2. The number of β-amino-alcohol motifs (C(OH)–C–C–N with tert-alkyl or cyclic N) is 2. The van der Waals surface area contributed by atoms with Crippen molar-refractivity contribution in [1.82, 2.24) is 10.2 Å². The maximum Gasteiger partial charge on any atom is 0.266 e. The summed E-state index contributed by atoms with van der Waals surface area (Å²) in [5, 5.41) is 31.5. The molecule has 0 unspecified atom stereocenters. The van der Waals surface area contributed by atoms with E-state index in [1.807, 2.05) is 17.0 Å². The van der Waals surface area contributed by atoms with Crippen LogP contribution in [0.5, 0.6) is 0 Å². The Labute approximate surface area is 171 Å². The van der Waals surface area contributed by atoms with Crippen molar-refractivity contribution >= 4 is 22.3 Å². The summed E-state index contributed by atoms with van der Waals surface area (Å²) in [5.41, 5.74) is 1.44.